The minimum absolute atomic E-state index is 0.0183. The SMILES string of the molecule is NNc1cc(CN2CCC(CO)CC2)ccc1[N+](=O)[O-]. The van der Waals surface area contributed by atoms with Crippen molar-refractivity contribution in [3.05, 3.63) is 33.9 Å². The van der Waals surface area contributed by atoms with Gasteiger partial charge in [0.1, 0.15) is 5.69 Å². The number of hydrazine groups is 1. The summed E-state index contributed by atoms with van der Waals surface area (Å²) in [5.74, 6) is 5.74. The first-order valence-corrected chi connectivity index (χ1v) is 6.71. The Labute approximate surface area is 117 Å². The molecule has 7 heteroatoms. The average molecular weight is 280 g/mol. The molecule has 20 heavy (non-hydrogen) atoms. The molecule has 0 radical (unpaired) electrons. The fourth-order valence-electron chi connectivity index (χ4n) is 2.54. The van der Waals surface area contributed by atoms with E-state index in [1.165, 1.54) is 6.07 Å². The molecule has 110 valence electrons. The molecule has 2 rings (SSSR count). The van der Waals surface area contributed by atoms with Crippen molar-refractivity contribution in [2.45, 2.75) is 19.4 Å². The zero-order chi connectivity index (χ0) is 14.5. The Bertz CT molecular complexity index is 473. The van der Waals surface area contributed by atoms with Gasteiger partial charge in [0.15, 0.2) is 0 Å². The smallest absolute Gasteiger partial charge is 0.293 e. The number of nitrogens with one attached hydrogen (secondary N) is 1. The molecule has 1 aliphatic rings. The summed E-state index contributed by atoms with van der Waals surface area (Å²) in [6.45, 7) is 2.87. The monoisotopic (exact) mass is 280 g/mol. The Morgan fingerprint density at radius 1 is 1.45 bits per heavy atom. The first-order chi connectivity index (χ1) is 9.63. The molecule has 0 unspecified atom stereocenters. The molecule has 0 bridgehead atoms. The van der Waals surface area contributed by atoms with Crippen molar-refractivity contribution in [3.63, 3.8) is 0 Å². The topological polar surface area (TPSA) is 105 Å². The lowest BCUT2D eigenvalue weighted by Crippen LogP contribution is -2.34. The molecule has 1 aromatic rings. The number of nitrogens with zero attached hydrogens (tertiary/aromatic N) is 2. The zero-order valence-corrected chi connectivity index (χ0v) is 11.3. The van der Waals surface area contributed by atoms with Gasteiger partial charge >= 0.3 is 0 Å². The number of rotatable bonds is 5. The molecule has 0 saturated carbocycles. The number of hydrogen-bond acceptors (Lipinski definition) is 6. The van der Waals surface area contributed by atoms with Crippen molar-refractivity contribution in [1.29, 1.82) is 0 Å². The van der Waals surface area contributed by atoms with E-state index in [-0.39, 0.29) is 12.3 Å². The van der Waals surface area contributed by atoms with E-state index < -0.39 is 4.92 Å². The number of aliphatic hydroxyl groups is 1. The Hall–Kier alpha value is -1.70. The van der Waals surface area contributed by atoms with E-state index in [4.69, 9.17) is 10.9 Å². The van der Waals surface area contributed by atoms with Crippen molar-refractivity contribution in [2.24, 2.45) is 11.8 Å². The van der Waals surface area contributed by atoms with Crippen molar-refractivity contribution < 1.29 is 10.0 Å². The van der Waals surface area contributed by atoms with E-state index >= 15 is 0 Å². The maximum absolute atomic E-state index is 10.8. The van der Waals surface area contributed by atoms with Gasteiger partial charge in [0.2, 0.25) is 0 Å². The highest BCUT2D eigenvalue weighted by Crippen LogP contribution is 2.26. The number of benzene rings is 1. The predicted molar refractivity (Wildman–Crippen MR) is 76.0 cm³/mol. The third-order valence-electron chi connectivity index (χ3n) is 3.78. The van der Waals surface area contributed by atoms with Gasteiger partial charge in [-0.15, -0.1) is 0 Å². The van der Waals surface area contributed by atoms with Crippen LogP contribution < -0.4 is 11.3 Å². The minimum Gasteiger partial charge on any atom is -0.396 e. The summed E-state index contributed by atoms with van der Waals surface area (Å²) in [5.41, 5.74) is 3.68. The van der Waals surface area contributed by atoms with Crippen LogP contribution in [0, 0.1) is 16.0 Å². The van der Waals surface area contributed by atoms with Crippen LogP contribution in [0.2, 0.25) is 0 Å². The largest absolute Gasteiger partial charge is 0.396 e. The Morgan fingerprint density at radius 3 is 2.70 bits per heavy atom. The van der Waals surface area contributed by atoms with Crippen LogP contribution in [0.1, 0.15) is 18.4 Å². The molecule has 0 aliphatic carbocycles. The zero-order valence-electron chi connectivity index (χ0n) is 11.3. The fraction of sp³-hybridized carbons (Fsp3) is 0.538. The number of piperidine rings is 1. The molecule has 1 aromatic carbocycles. The molecule has 1 saturated heterocycles. The molecule has 0 aromatic heterocycles. The third-order valence-corrected chi connectivity index (χ3v) is 3.78. The highest BCUT2D eigenvalue weighted by atomic mass is 16.6. The summed E-state index contributed by atoms with van der Waals surface area (Å²) in [6.07, 6.45) is 1.98. The van der Waals surface area contributed by atoms with E-state index in [0.717, 1.165) is 38.0 Å². The lowest BCUT2D eigenvalue weighted by Gasteiger charge is -2.31. The molecule has 4 N–H and O–H groups in total. The van der Waals surface area contributed by atoms with Crippen molar-refractivity contribution in [3.8, 4) is 0 Å². The molecule has 7 nitrogen and oxygen atoms in total. The van der Waals surface area contributed by atoms with Gasteiger partial charge < -0.3 is 10.5 Å². The second-order valence-corrected chi connectivity index (χ2v) is 5.16. The maximum Gasteiger partial charge on any atom is 0.293 e. The van der Waals surface area contributed by atoms with Crippen molar-refractivity contribution in [1.82, 2.24) is 4.90 Å². The summed E-state index contributed by atoms with van der Waals surface area (Å²) in [5, 5.41) is 19.9. The molecule has 0 atom stereocenters. The van der Waals surface area contributed by atoms with Crippen LogP contribution in [0.4, 0.5) is 11.4 Å². The molecule has 1 heterocycles. The fourth-order valence-corrected chi connectivity index (χ4v) is 2.54. The van der Waals surface area contributed by atoms with Crippen LogP contribution >= 0.6 is 0 Å². The molecule has 1 aliphatic heterocycles. The van der Waals surface area contributed by atoms with Gasteiger partial charge in [0.25, 0.3) is 5.69 Å². The molecular formula is C13H20N4O3. The second-order valence-electron chi connectivity index (χ2n) is 5.16. The minimum atomic E-state index is -0.453. The third kappa shape index (κ3) is 3.44. The van der Waals surface area contributed by atoms with Crippen LogP contribution in [-0.4, -0.2) is 34.6 Å². The number of aliphatic hydroxyl groups excluding tert-OH is 1. The van der Waals surface area contributed by atoms with E-state index in [9.17, 15) is 10.1 Å². The van der Waals surface area contributed by atoms with Gasteiger partial charge in [-0.1, -0.05) is 6.07 Å². The number of anilines is 1. The van der Waals surface area contributed by atoms with Gasteiger partial charge in [-0.25, -0.2) is 0 Å². The molecule has 0 spiro atoms. The van der Waals surface area contributed by atoms with Gasteiger partial charge in [-0.2, -0.15) is 0 Å². The summed E-state index contributed by atoms with van der Waals surface area (Å²) in [4.78, 5) is 12.7. The lowest BCUT2D eigenvalue weighted by molar-refractivity contribution is -0.384. The summed E-state index contributed by atoms with van der Waals surface area (Å²) in [6, 6.07) is 4.96. The Balaban J connectivity index is 2.01. The van der Waals surface area contributed by atoms with Crippen LogP contribution in [-0.2, 0) is 6.54 Å². The second kappa shape index (κ2) is 6.65. The number of nitrogens with two attached hydrogens (primary N) is 1. The van der Waals surface area contributed by atoms with Gasteiger partial charge in [0, 0.05) is 19.2 Å². The van der Waals surface area contributed by atoms with Crippen LogP contribution in [0.3, 0.4) is 0 Å². The first kappa shape index (κ1) is 14.7. The Kier molecular flexibility index (Phi) is 4.89. The van der Waals surface area contributed by atoms with E-state index in [2.05, 4.69) is 10.3 Å². The predicted octanol–water partition coefficient (Wildman–Crippen LogP) is 1.08. The number of nitrogen functional groups attached to an aromatic ring is 1. The molecule has 1 fully saturated rings. The standard InChI is InChI=1S/C13H20N4O3/c14-15-12-7-11(1-2-13(12)17(19)20)8-16-5-3-10(9-18)4-6-16/h1-2,7,10,15,18H,3-6,8-9,14H2. The van der Waals surface area contributed by atoms with Crippen LogP contribution in [0.15, 0.2) is 18.2 Å². The van der Waals surface area contributed by atoms with Crippen LogP contribution in [0.25, 0.3) is 0 Å². The lowest BCUT2D eigenvalue weighted by atomic mass is 9.97. The molecule has 0 amide bonds. The van der Waals surface area contributed by atoms with Gasteiger partial charge in [0.05, 0.1) is 4.92 Å². The summed E-state index contributed by atoms with van der Waals surface area (Å²) in [7, 11) is 0. The quantitative estimate of drug-likeness (QED) is 0.423. The maximum atomic E-state index is 10.8. The first-order valence-electron chi connectivity index (χ1n) is 6.71. The number of nitro groups is 1. The highest BCUT2D eigenvalue weighted by Gasteiger charge is 2.19. The van der Waals surface area contributed by atoms with Crippen LogP contribution in [0.5, 0.6) is 0 Å². The number of likely N-dealkylation sites (tertiary alicyclic amines) is 1. The van der Waals surface area contributed by atoms with E-state index in [1.54, 1.807) is 12.1 Å². The average Bonchev–Trinajstić information content (AvgIpc) is 2.47. The van der Waals surface area contributed by atoms with Crippen molar-refractivity contribution in [2.75, 3.05) is 25.1 Å². The Morgan fingerprint density at radius 2 is 2.15 bits per heavy atom. The van der Waals surface area contributed by atoms with E-state index in [1.807, 2.05) is 0 Å². The summed E-state index contributed by atoms with van der Waals surface area (Å²) < 4.78 is 0. The van der Waals surface area contributed by atoms with Gasteiger partial charge in [-0.05, 0) is 43.5 Å². The summed E-state index contributed by atoms with van der Waals surface area (Å²) >= 11 is 0. The highest BCUT2D eigenvalue weighted by molar-refractivity contribution is 5.62. The van der Waals surface area contributed by atoms with Crippen molar-refractivity contribution >= 4 is 11.4 Å². The number of hydrogen-bond donors (Lipinski definition) is 3. The normalized spacial score (nSPS) is 17.1. The van der Waals surface area contributed by atoms with Gasteiger partial charge in [-0.3, -0.25) is 20.9 Å². The van der Waals surface area contributed by atoms with E-state index in [0.29, 0.717) is 11.6 Å². The number of nitro benzene ring substituents is 1. The molecular weight excluding hydrogens is 260 g/mol.